The predicted octanol–water partition coefficient (Wildman–Crippen LogP) is 1.61. The van der Waals surface area contributed by atoms with E-state index in [1.165, 1.54) is 12.2 Å². The molecule has 0 unspecified atom stereocenters. The van der Waals surface area contributed by atoms with Gasteiger partial charge in [-0.05, 0) is 35.4 Å². The Hall–Kier alpha value is -2.26. The number of sulfone groups is 2. The molecule has 0 saturated heterocycles. The van der Waals surface area contributed by atoms with Gasteiger partial charge in [0.2, 0.25) is 19.7 Å². The largest absolute Gasteiger partial charge is 0.391 e. The van der Waals surface area contributed by atoms with E-state index in [0.29, 0.717) is 20.9 Å². The van der Waals surface area contributed by atoms with Crippen molar-refractivity contribution in [2.45, 2.75) is 9.79 Å². The Morgan fingerprint density at radius 2 is 0.962 bits per heavy atom. The molecule has 2 aromatic carbocycles. The third-order valence-electron chi connectivity index (χ3n) is 4.05. The van der Waals surface area contributed by atoms with Crippen molar-refractivity contribution in [2.75, 3.05) is 13.2 Å². The van der Waals surface area contributed by atoms with E-state index >= 15 is 0 Å². The average Bonchev–Trinajstić information content (AvgIpc) is 3.06. The van der Waals surface area contributed by atoms with Gasteiger partial charge in [0.05, 0.1) is 32.8 Å². The molecule has 0 atom stereocenters. The molecule has 4 rings (SSSR count). The normalized spacial score (nSPS) is 18.1. The molecule has 26 heavy (non-hydrogen) atoms. The van der Waals surface area contributed by atoms with Crippen molar-refractivity contribution < 1.29 is 27.0 Å². The zero-order chi connectivity index (χ0) is 18.9. The molecule has 2 heterocycles. The summed E-state index contributed by atoms with van der Waals surface area (Å²) in [6, 6.07) is 13.4. The van der Waals surface area contributed by atoms with E-state index < -0.39 is 32.9 Å². The fourth-order valence-corrected chi connectivity index (χ4v) is 5.59. The highest BCUT2D eigenvalue weighted by atomic mass is 32.2. The van der Waals surface area contributed by atoms with Crippen LogP contribution >= 0.6 is 0 Å². The molecule has 0 fully saturated rings. The van der Waals surface area contributed by atoms with Crippen LogP contribution in [-0.4, -0.2) is 40.3 Å². The molecule has 0 radical (unpaired) electrons. The van der Waals surface area contributed by atoms with Crippen molar-refractivity contribution in [2.24, 2.45) is 0 Å². The second-order valence-corrected chi connectivity index (χ2v) is 9.56. The van der Waals surface area contributed by atoms with Gasteiger partial charge >= 0.3 is 0 Å². The maximum atomic E-state index is 11.6. The SMILES string of the molecule is O=S1(=O)C(CO)=Cc2ccccc21.O=S1(=O)C(CO)=Cc2ccccc21. The molecule has 0 spiro atoms. The maximum Gasteiger partial charge on any atom is 0.205 e. The first-order valence-corrected chi connectivity index (χ1v) is 10.6. The minimum absolute atomic E-state index is 0.0775. The van der Waals surface area contributed by atoms with Gasteiger partial charge in [0.15, 0.2) is 0 Å². The first-order valence-electron chi connectivity index (χ1n) is 7.63. The lowest BCUT2D eigenvalue weighted by molar-refractivity contribution is 0.338. The van der Waals surface area contributed by atoms with Crippen LogP contribution in [0.5, 0.6) is 0 Å². The molecule has 0 aromatic heterocycles. The molecular weight excluding hydrogens is 376 g/mol. The van der Waals surface area contributed by atoms with Crippen molar-refractivity contribution >= 4 is 31.8 Å². The van der Waals surface area contributed by atoms with Crippen molar-refractivity contribution in [3.05, 3.63) is 69.5 Å². The molecule has 0 saturated carbocycles. The van der Waals surface area contributed by atoms with Crippen LogP contribution in [0.3, 0.4) is 0 Å². The molecule has 2 aliphatic heterocycles. The van der Waals surface area contributed by atoms with Gasteiger partial charge in [-0.3, -0.25) is 0 Å². The minimum Gasteiger partial charge on any atom is -0.391 e. The molecule has 2 aliphatic rings. The van der Waals surface area contributed by atoms with Gasteiger partial charge in [-0.25, -0.2) is 16.8 Å². The number of aliphatic hydroxyl groups excluding tert-OH is 2. The summed E-state index contributed by atoms with van der Waals surface area (Å²) in [5.41, 5.74) is 1.32. The molecule has 0 bridgehead atoms. The summed E-state index contributed by atoms with van der Waals surface area (Å²) in [6.07, 6.45) is 3.01. The number of hydrogen-bond acceptors (Lipinski definition) is 6. The van der Waals surface area contributed by atoms with Gasteiger partial charge in [-0.15, -0.1) is 0 Å². The van der Waals surface area contributed by atoms with E-state index in [-0.39, 0.29) is 9.81 Å². The summed E-state index contributed by atoms with van der Waals surface area (Å²) in [4.78, 5) is 0.737. The Morgan fingerprint density at radius 3 is 1.27 bits per heavy atom. The lowest BCUT2D eigenvalue weighted by atomic mass is 10.2. The van der Waals surface area contributed by atoms with Gasteiger partial charge < -0.3 is 10.2 Å². The van der Waals surface area contributed by atoms with Crippen LogP contribution in [0.4, 0.5) is 0 Å². The highest BCUT2D eigenvalue weighted by Crippen LogP contribution is 2.32. The number of hydrogen-bond donors (Lipinski definition) is 2. The Labute approximate surface area is 151 Å². The molecular formula is C18H16O6S2. The maximum absolute atomic E-state index is 11.6. The quantitative estimate of drug-likeness (QED) is 0.804. The summed E-state index contributed by atoms with van der Waals surface area (Å²) in [5.74, 6) is 0. The Kier molecular flexibility index (Phi) is 4.85. The zero-order valence-electron chi connectivity index (χ0n) is 13.5. The zero-order valence-corrected chi connectivity index (χ0v) is 15.2. The molecule has 2 N–H and O–H groups in total. The van der Waals surface area contributed by atoms with Crippen LogP contribution in [0.1, 0.15) is 11.1 Å². The average molecular weight is 392 g/mol. The van der Waals surface area contributed by atoms with Crippen LogP contribution in [0.2, 0.25) is 0 Å². The topological polar surface area (TPSA) is 109 Å². The van der Waals surface area contributed by atoms with E-state index in [1.807, 2.05) is 0 Å². The molecule has 8 heteroatoms. The summed E-state index contributed by atoms with van der Waals surface area (Å²) in [6.45, 7) is -0.867. The first kappa shape index (κ1) is 18.5. The van der Waals surface area contributed by atoms with Crippen molar-refractivity contribution in [1.29, 1.82) is 0 Å². The van der Waals surface area contributed by atoms with E-state index in [9.17, 15) is 16.8 Å². The standard InChI is InChI=1S/2C9H8O3S/c2*10-6-8-5-7-3-1-2-4-9(7)13(8,11)12/h2*1-5,10H,6H2. The lowest BCUT2D eigenvalue weighted by Crippen LogP contribution is -2.03. The predicted molar refractivity (Wildman–Crippen MR) is 97.4 cm³/mol. The van der Waals surface area contributed by atoms with Crippen LogP contribution in [0.15, 0.2) is 68.1 Å². The van der Waals surface area contributed by atoms with Crippen molar-refractivity contribution in [3.8, 4) is 0 Å². The van der Waals surface area contributed by atoms with Crippen molar-refractivity contribution in [3.63, 3.8) is 0 Å². The van der Waals surface area contributed by atoms with Gasteiger partial charge in [-0.1, -0.05) is 36.4 Å². The summed E-state index contributed by atoms with van der Waals surface area (Å²) in [7, 11) is -6.77. The summed E-state index contributed by atoms with van der Waals surface area (Å²) in [5, 5.41) is 17.7. The minimum atomic E-state index is -3.39. The Bertz CT molecular complexity index is 1030. The van der Waals surface area contributed by atoms with E-state index in [4.69, 9.17) is 10.2 Å². The van der Waals surface area contributed by atoms with Crippen LogP contribution in [-0.2, 0) is 19.7 Å². The number of rotatable bonds is 2. The Morgan fingerprint density at radius 1 is 0.615 bits per heavy atom. The van der Waals surface area contributed by atoms with E-state index in [0.717, 1.165) is 0 Å². The van der Waals surface area contributed by atoms with E-state index in [1.54, 1.807) is 48.5 Å². The third kappa shape index (κ3) is 3.01. The molecule has 2 aromatic rings. The fraction of sp³-hybridized carbons (Fsp3) is 0.111. The third-order valence-corrected chi connectivity index (χ3v) is 7.83. The fourth-order valence-electron chi connectivity index (χ4n) is 2.73. The lowest BCUT2D eigenvalue weighted by Gasteiger charge is -1.98. The van der Waals surface area contributed by atoms with Gasteiger partial charge in [0.1, 0.15) is 0 Å². The highest BCUT2D eigenvalue weighted by Gasteiger charge is 2.28. The monoisotopic (exact) mass is 392 g/mol. The number of fused-ring (bicyclic) bond motifs is 2. The van der Waals surface area contributed by atoms with Gasteiger partial charge in [0.25, 0.3) is 0 Å². The summed E-state index contributed by atoms with van der Waals surface area (Å²) >= 11 is 0. The van der Waals surface area contributed by atoms with Gasteiger partial charge in [0, 0.05) is 0 Å². The second-order valence-electron chi connectivity index (χ2n) is 5.62. The molecule has 0 amide bonds. The number of aliphatic hydroxyl groups is 2. The molecule has 6 nitrogen and oxygen atoms in total. The van der Waals surface area contributed by atoms with Crippen molar-refractivity contribution in [1.82, 2.24) is 0 Å². The summed E-state index contributed by atoms with van der Waals surface area (Å²) < 4.78 is 46.3. The molecule has 0 aliphatic carbocycles. The first-order chi connectivity index (χ1) is 12.3. The van der Waals surface area contributed by atoms with E-state index in [2.05, 4.69) is 0 Å². The van der Waals surface area contributed by atoms with Gasteiger partial charge in [-0.2, -0.15) is 0 Å². The van der Waals surface area contributed by atoms with Crippen LogP contribution in [0.25, 0.3) is 12.2 Å². The smallest absolute Gasteiger partial charge is 0.205 e. The molecule has 136 valence electrons. The van der Waals surface area contributed by atoms with Crippen LogP contribution < -0.4 is 0 Å². The second kappa shape index (κ2) is 6.81. The van der Waals surface area contributed by atoms with Crippen LogP contribution in [0, 0.1) is 0 Å². The highest BCUT2D eigenvalue weighted by molar-refractivity contribution is 7.96. The Balaban J connectivity index is 0.000000151. The number of benzene rings is 2.